The molecule has 1 atom stereocenters. The van der Waals surface area contributed by atoms with Crippen molar-refractivity contribution in [2.24, 2.45) is 0 Å². The second-order valence-corrected chi connectivity index (χ2v) is 6.78. The molecule has 0 aromatic heterocycles. The van der Waals surface area contributed by atoms with Crippen LogP contribution >= 0.6 is 0 Å². The number of benzene rings is 2. The number of likely N-dealkylation sites (N-methyl/N-ethyl adjacent to an activating group) is 1. The lowest BCUT2D eigenvalue weighted by Crippen LogP contribution is -2.46. The average Bonchev–Trinajstić information content (AvgIpc) is 2.68. The van der Waals surface area contributed by atoms with Crippen molar-refractivity contribution in [2.45, 2.75) is 19.4 Å². The number of para-hydroxylation sites is 2. The highest BCUT2D eigenvalue weighted by Crippen LogP contribution is 2.33. The summed E-state index contributed by atoms with van der Waals surface area (Å²) in [5, 5.41) is 2.55. The zero-order valence-corrected chi connectivity index (χ0v) is 16.2. The van der Waals surface area contributed by atoms with E-state index in [4.69, 9.17) is 4.74 Å². The number of rotatable bonds is 6. The summed E-state index contributed by atoms with van der Waals surface area (Å²) in [4.78, 5) is 39.8. The highest BCUT2D eigenvalue weighted by Gasteiger charge is 2.31. The lowest BCUT2D eigenvalue weighted by atomic mass is 10.1. The van der Waals surface area contributed by atoms with Crippen LogP contribution in [-0.4, -0.2) is 48.9 Å². The number of carbonyl (C=O) groups excluding carboxylic acids is 3. The van der Waals surface area contributed by atoms with Crippen LogP contribution in [0, 0.1) is 5.82 Å². The Morgan fingerprint density at radius 2 is 1.97 bits per heavy atom. The maximum absolute atomic E-state index is 13.2. The molecule has 0 aliphatic carbocycles. The number of ether oxygens (including phenoxy) is 1. The molecule has 0 bridgehead atoms. The lowest BCUT2D eigenvalue weighted by Gasteiger charge is -2.33. The summed E-state index contributed by atoms with van der Waals surface area (Å²) in [6.07, 6.45) is -0.578. The van der Waals surface area contributed by atoms with Crippen LogP contribution in [0.3, 0.4) is 0 Å². The summed E-state index contributed by atoms with van der Waals surface area (Å²) in [6, 6.07) is 12.7. The highest BCUT2D eigenvalue weighted by molar-refractivity contribution is 6.00. The van der Waals surface area contributed by atoms with Gasteiger partial charge < -0.3 is 19.9 Å². The molecule has 0 radical (unpaired) electrons. The van der Waals surface area contributed by atoms with Crippen LogP contribution in [0.25, 0.3) is 0 Å². The van der Waals surface area contributed by atoms with E-state index in [-0.39, 0.29) is 31.3 Å². The maximum atomic E-state index is 13.2. The molecule has 0 spiro atoms. The van der Waals surface area contributed by atoms with E-state index in [1.807, 2.05) is 6.07 Å². The van der Waals surface area contributed by atoms with E-state index in [9.17, 15) is 18.8 Å². The van der Waals surface area contributed by atoms with Crippen molar-refractivity contribution in [1.29, 1.82) is 0 Å². The van der Waals surface area contributed by atoms with Gasteiger partial charge >= 0.3 is 0 Å². The number of halogens is 1. The first-order valence-corrected chi connectivity index (χ1v) is 9.21. The van der Waals surface area contributed by atoms with Gasteiger partial charge in [-0.05, 0) is 37.3 Å². The third-order valence-corrected chi connectivity index (χ3v) is 4.54. The number of carbonyl (C=O) groups is 3. The van der Waals surface area contributed by atoms with Gasteiger partial charge in [-0.15, -0.1) is 0 Å². The minimum atomic E-state index is -0.630. The molecule has 0 fully saturated rings. The number of nitrogens with one attached hydrogen (secondary N) is 1. The molecule has 0 saturated carbocycles. The first kappa shape index (κ1) is 20.3. The minimum absolute atomic E-state index is 0.0521. The van der Waals surface area contributed by atoms with Crippen LogP contribution in [0.15, 0.2) is 48.5 Å². The van der Waals surface area contributed by atoms with Crippen LogP contribution in [0.4, 0.5) is 15.8 Å². The Morgan fingerprint density at radius 1 is 1.21 bits per heavy atom. The van der Waals surface area contributed by atoms with E-state index in [1.165, 1.54) is 35.0 Å². The van der Waals surface area contributed by atoms with Crippen molar-refractivity contribution < 1.29 is 23.5 Å². The lowest BCUT2D eigenvalue weighted by molar-refractivity contribution is -0.133. The number of anilines is 2. The van der Waals surface area contributed by atoms with Crippen molar-refractivity contribution in [2.75, 3.05) is 30.4 Å². The van der Waals surface area contributed by atoms with Crippen molar-refractivity contribution in [1.82, 2.24) is 4.90 Å². The van der Waals surface area contributed by atoms with Gasteiger partial charge in [0.1, 0.15) is 11.6 Å². The average molecular weight is 399 g/mol. The van der Waals surface area contributed by atoms with Crippen molar-refractivity contribution >= 4 is 29.1 Å². The Kier molecular flexibility index (Phi) is 6.11. The van der Waals surface area contributed by atoms with E-state index in [1.54, 1.807) is 31.2 Å². The molecule has 1 aliphatic heterocycles. The third kappa shape index (κ3) is 4.90. The number of fused-ring (bicyclic) bond motifs is 1. The van der Waals surface area contributed by atoms with Crippen molar-refractivity contribution in [3.05, 3.63) is 54.3 Å². The summed E-state index contributed by atoms with van der Waals surface area (Å²) in [7, 11) is 1.51. The molecule has 1 heterocycles. The number of amides is 3. The quantitative estimate of drug-likeness (QED) is 0.809. The normalized spacial score (nSPS) is 15.3. The summed E-state index contributed by atoms with van der Waals surface area (Å²) >= 11 is 0. The molecule has 2 aromatic carbocycles. The van der Waals surface area contributed by atoms with Gasteiger partial charge in [0.2, 0.25) is 11.8 Å². The summed E-state index contributed by atoms with van der Waals surface area (Å²) < 4.78 is 18.8. The predicted octanol–water partition coefficient (Wildman–Crippen LogP) is 2.43. The molecule has 2 aromatic rings. The first-order valence-electron chi connectivity index (χ1n) is 9.21. The molecule has 29 heavy (non-hydrogen) atoms. The van der Waals surface area contributed by atoms with Crippen LogP contribution in [0.2, 0.25) is 0 Å². The van der Waals surface area contributed by atoms with E-state index in [2.05, 4.69) is 5.32 Å². The Bertz CT molecular complexity index is 934. The van der Waals surface area contributed by atoms with Gasteiger partial charge in [-0.3, -0.25) is 14.4 Å². The molecule has 3 amide bonds. The summed E-state index contributed by atoms with van der Waals surface area (Å²) in [6.45, 7) is 1.66. The minimum Gasteiger partial charge on any atom is -0.479 e. The Hall–Kier alpha value is -3.42. The standard InChI is InChI=1S/C21H22FN3O4/c1-14-21(28)25(17-8-3-4-9-18(17)29-14)11-10-20(27)24(2)13-19(26)23-16-7-5-6-15(22)12-16/h3-9,12,14H,10-11,13H2,1-2H3,(H,23,26)/t14-/m0/s1. The van der Waals surface area contributed by atoms with E-state index >= 15 is 0 Å². The van der Waals surface area contributed by atoms with Crippen LogP contribution < -0.4 is 15.0 Å². The number of hydrogen-bond acceptors (Lipinski definition) is 4. The van der Waals surface area contributed by atoms with Crippen LogP contribution in [0.1, 0.15) is 13.3 Å². The SMILES string of the molecule is C[C@@H]1Oc2ccccc2N(CCC(=O)N(C)CC(=O)Nc2cccc(F)c2)C1=O. The zero-order chi connectivity index (χ0) is 21.0. The molecular formula is C21H22FN3O4. The largest absolute Gasteiger partial charge is 0.479 e. The fraction of sp³-hybridized carbons (Fsp3) is 0.286. The fourth-order valence-corrected chi connectivity index (χ4v) is 3.06. The maximum Gasteiger partial charge on any atom is 0.267 e. The molecule has 1 N–H and O–H groups in total. The first-order chi connectivity index (χ1) is 13.8. The summed E-state index contributed by atoms with van der Waals surface area (Å²) in [5.74, 6) is -0.813. The van der Waals surface area contributed by atoms with Crippen molar-refractivity contribution in [3.8, 4) is 5.75 Å². The van der Waals surface area contributed by atoms with Gasteiger partial charge in [0.05, 0.1) is 12.2 Å². The molecule has 152 valence electrons. The second kappa shape index (κ2) is 8.72. The molecular weight excluding hydrogens is 377 g/mol. The molecule has 3 rings (SSSR count). The Morgan fingerprint density at radius 3 is 2.72 bits per heavy atom. The van der Waals surface area contributed by atoms with Gasteiger partial charge in [0.15, 0.2) is 6.10 Å². The Labute approximate surface area is 168 Å². The van der Waals surface area contributed by atoms with Crippen molar-refractivity contribution in [3.63, 3.8) is 0 Å². The van der Waals surface area contributed by atoms with Crippen LogP contribution in [0.5, 0.6) is 5.75 Å². The van der Waals surface area contributed by atoms with Gasteiger partial charge in [0.25, 0.3) is 5.91 Å². The predicted molar refractivity (Wildman–Crippen MR) is 106 cm³/mol. The molecule has 7 nitrogen and oxygen atoms in total. The molecule has 0 saturated heterocycles. The fourth-order valence-electron chi connectivity index (χ4n) is 3.06. The van der Waals surface area contributed by atoms with Crippen LogP contribution in [-0.2, 0) is 14.4 Å². The smallest absolute Gasteiger partial charge is 0.267 e. The van der Waals surface area contributed by atoms with Gasteiger partial charge in [-0.1, -0.05) is 18.2 Å². The molecule has 8 heteroatoms. The Balaban J connectivity index is 1.56. The monoisotopic (exact) mass is 399 g/mol. The van der Waals surface area contributed by atoms with E-state index in [0.717, 1.165) is 0 Å². The third-order valence-electron chi connectivity index (χ3n) is 4.54. The number of hydrogen-bond donors (Lipinski definition) is 1. The van der Waals surface area contributed by atoms with Gasteiger partial charge in [-0.25, -0.2) is 4.39 Å². The highest BCUT2D eigenvalue weighted by atomic mass is 19.1. The van der Waals surface area contributed by atoms with E-state index < -0.39 is 17.8 Å². The van der Waals surface area contributed by atoms with Gasteiger partial charge in [0, 0.05) is 25.7 Å². The van der Waals surface area contributed by atoms with Gasteiger partial charge in [-0.2, -0.15) is 0 Å². The van der Waals surface area contributed by atoms with E-state index in [0.29, 0.717) is 17.1 Å². The number of nitrogens with zero attached hydrogens (tertiary/aromatic N) is 2. The molecule has 1 aliphatic rings. The molecule has 0 unspecified atom stereocenters. The topological polar surface area (TPSA) is 79.0 Å². The second-order valence-electron chi connectivity index (χ2n) is 6.78. The zero-order valence-electron chi connectivity index (χ0n) is 16.2. The summed E-state index contributed by atoms with van der Waals surface area (Å²) in [5.41, 5.74) is 0.940.